The molecular weight excluding hydrogens is 412 g/mol. The van der Waals surface area contributed by atoms with Gasteiger partial charge in [0.05, 0.1) is 12.5 Å². The molecule has 0 saturated heterocycles. The number of quaternary nitrogens is 1. The number of fused-ring (bicyclic) bond motifs is 4. The zero-order valence-electron chi connectivity index (χ0n) is 19.8. The van der Waals surface area contributed by atoms with Crippen molar-refractivity contribution in [3.63, 3.8) is 0 Å². The fraction of sp³-hybridized carbons (Fsp3) is 0.310. The van der Waals surface area contributed by atoms with Gasteiger partial charge in [-0.25, -0.2) is 0 Å². The van der Waals surface area contributed by atoms with E-state index in [2.05, 4.69) is 113 Å². The first-order chi connectivity index (χ1) is 15.1. The van der Waals surface area contributed by atoms with Crippen LogP contribution in [0.1, 0.15) is 38.8 Å². The molecule has 0 radical (unpaired) electrons. The van der Waals surface area contributed by atoms with Crippen LogP contribution in [-0.4, -0.2) is 20.1 Å². The summed E-state index contributed by atoms with van der Waals surface area (Å²) < 4.78 is 0. The number of likely N-dealkylation sites (N-methyl/N-ethyl adjacent to an activating group) is 2. The van der Waals surface area contributed by atoms with Gasteiger partial charge in [-0.1, -0.05) is 61.9 Å². The molecule has 3 aromatic rings. The van der Waals surface area contributed by atoms with E-state index < -0.39 is 0 Å². The SMILES string of the molecule is CN1C(=CC=CC2[NH+](C)c3ccc(Cl)cc3C2(C)C)C(C)(C)c2c1ccc1ccccc21. The second kappa shape index (κ2) is 7.23. The number of benzene rings is 3. The molecule has 2 heterocycles. The number of hydrogen-bond acceptors (Lipinski definition) is 1. The Morgan fingerprint density at radius 2 is 1.75 bits per heavy atom. The van der Waals surface area contributed by atoms with Crippen molar-refractivity contribution < 1.29 is 4.90 Å². The molecule has 0 saturated carbocycles. The Hall–Kier alpha value is -2.55. The lowest BCUT2D eigenvalue weighted by molar-refractivity contribution is -0.828. The van der Waals surface area contributed by atoms with Crippen LogP contribution in [0.2, 0.25) is 5.02 Å². The molecule has 2 nitrogen and oxygen atoms in total. The highest BCUT2D eigenvalue weighted by Gasteiger charge is 2.46. The van der Waals surface area contributed by atoms with Gasteiger partial charge in [0, 0.05) is 40.5 Å². The van der Waals surface area contributed by atoms with Gasteiger partial charge in [0.25, 0.3) is 0 Å². The normalized spacial score (nSPS) is 24.5. The average Bonchev–Trinajstić information content (AvgIpc) is 3.07. The van der Waals surface area contributed by atoms with Crippen LogP contribution in [0, 0.1) is 0 Å². The lowest BCUT2D eigenvalue weighted by atomic mass is 9.80. The van der Waals surface area contributed by atoms with Crippen LogP contribution in [0.3, 0.4) is 0 Å². The first-order valence-corrected chi connectivity index (χ1v) is 11.8. The number of hydrogen-bond donors (Lipinski definition) is 1. The van der Waals surface area contributed by atoms with Crippen LogP contribution >= 0.6 is 11.6 Å². The van der Waals surface area contributed by atoms with Gasteiger partial charge in [-0.15, -0.1) is 0 Å². The summed E-state index contributed by atoms with van der Waals surface area (Å²) in [6.45, 7) is 9.34. The van der Waals surface area contributed by atoms with Crippen molar-refractivity contribution in [3.8, 4) is 0 Å². The standard InChI is InChI=1S/C29H31ClN2/c1-28(2)22-18-20(30)15-17-23(22)31(5)25(28)12-9-13-26-29(3,4)27-21-11-8-7-10-19(21)14-16-24(27)32(26)6/h7-18,25H,1-6H3/p+1. The molecule has 3 aromatic carbocycles. The Labute approximate surface area is 196 Å². The third kappa shape index (κ3) is 2.97. The predicted molar refractivity (Wildman–Crippen MR) is 137 cm³/mol. The van der Waals surface area contributed by atoms with E-state index in [1.54, 1.807) is 0 Å². The maximum atomic E-state index is 6.33. The second-order valence-corrected chi connectivity index (χ2v) is 10.8. The van der Waals surface area contributed by atoms with E-state index in [9.17, 15) is 0 Å². The summed E-state index contributed by atoms with van der Waals surface area (Å²) in [5.41, 5.74) is 6.71. The van der Waals surface area contributed by atoms with Gasteiger partial charge in [0.1, 0.15) is 11.7 Å². The molecule has 0 amide bonds. The third-order valence-corrected chi connectivity index (χ3v) is 8.03. The molecular formula is C29H32ClN2+. The molecule has 2 unspecified atom stereocenters. The minimum Gasteiger partial charge on any atom is -0.347 e. The van der Waals surface area contributed by atoms with Crippen LogP contribution in [0.25, 0.3) is 10.8 Å². The van der Waals surface area contributed by atoms with E-state index in [0.29, 0.717) is 6.04 Å². The van der Waals surface area contributed by atoms with Crippen LogP contribution < -0.4 is 9.80 Å². The third-order valence-electron chi connectivity index (χ3n) is 7.80. The van der Waals surface area contributed by atoms with Crippen molar-refractivity contribution in [2.75, 3.05) is 19.0 Å². The number of allylic oxidation sites excluding steroid dienone is 3. The van der Waals surface area contributed by atoms with Crippen LogP contribution in [-0.2, 0) is 10.8 Å². The Kier molecular flexibility index (Phi) is 4.81. The summed E-state index contributed by atoms with van der Waals surface area (Å²) in [6.07, 6.45) is 6.96. The Balaban J connectivity index is 1.52. The van der Waals surface area contributed by atoms with E-state index in [0.717, 1.165) is 5.02 Å². The predicted octanol–water partition coefficient (Wildman–Crippen LogP) is 6.17. The topological polar surface area (TPSA) is 7.68 Å². The van der Waals surface area contributed by atoms with E-state index >= 15 is 0 Å². The van der Waals surface area contributed by atoms with E-state index in [-0.39, 0.29) is 10.8 Å². The zero-order chi connectivity index (χ0) is 22.8. The fourth-order valence-corrected chi connectivity index (χ4v) is 6.28. The van der Waals surface area contributed by atoms with Crippen LogP contribution in [0.15, 0.2) is 78.5 Å². The Bertz CT molecular complexity index is 1280. The van der Waals surface area contributed by atoms with Crippen LogP contribution in [0.5, 0.6) is 0 Å². The number of nitrogens with one attached hydrogen (secondary N) is 1. The van der Waals surface area contributed by atoms with Crippen molar-refractivity contribution in [2.24, 2.45) is 0 Å². The summed E-state index contributed by atoms with van der Waals surface area (Å²) in [6, 6.07) is 19.9. The van der Waals surface area contributed by atoms with Gasteiger partial charge in [-0.2, -0.15) is 0 Å². The van der Waals surface area contributed by atoms with Gasteiger partial charge in [0.15, 0.2) is 0 Å². The van der Waals surface area contributed by atoms with Crippen molar-refractivity contribution in [3.05, 3.63) is 94.7 Å². The molecule has 0 bridgehead atoms. The Morgan fingerprint density at radius 1 is 1.00 bits per heavy atom. The summed E-state index contributed by atoms with van der Waals surface area (Å²) >= 11 is 6.33. The highest BCUT2D eigenvalue weighted by atomic mass is 35.5. The van der Waals surface area contributed by atoms with Gasteiger partial charge >= 0.3 is 0 Å². The van der Waals surface area contributed by atoms with Crippen molar-refractivity contribution in [2.45, 2.75) is 44.6 Å². The molecule has 2 aliphatic heterocycles. The van der Waals surface area contributed by atoms with Gasteiger partial charge in [-0.3, -0.25) is 4.90 Å². The highest BCUT2D eigenvalue weighted by molar-refractivity contribution is 6.30. The molecule has 32 heavy (non-hydrogen) atoms. The summed E-state index contributed by atoms with van der Waals surface area (Å²) in [4.78, 5) is 3.78. The lowest BCUT2D eigenvalue weighted by Gasteiger charge is -2.26. The van der Waals surface area contributed by atoms with Gasteiger partial charge in [-0.05, 0) is 60.5 Å². The minimum absolute atomic E-state index is 0.0234. The maximum absolute atomic E-state index is 6.33. The number of rotatable bonds is 2. The maximum Gasteiger partial charge on any atom is 0.135 e. The molecule has 2 aliphatic rings. The summed E-state index contributed by atoms with van der Waals surface area (Å²) in [5.74, 6) is 0. The molecule has 0 spiro atoms. The molecule has 0 fully saturated rings. The largest absolute Gasteiger partial charge is 0.347 e. The van der Waals surface area contributed by atoms with E-state index in [1.165, 1.54) is 43.9 Å². The summed E-state index contributed by atoms with van der Waals surface area (Å²) in [5, 5.41) is 3.47. The van der Waals surface area contributed by atoms with Gasteiger partial charge in [0.2, 0.25) is 0 Å². The smallest absolute Gasteiger partial charge is 0.135 e. The molecule has 3 heteroatoms. The average molecular weight is 444 g/mol. The molecule has 1 N–H and O–H groups in total. The zero-order valence-corrected chi connectivity index (χ0v) is 20.6. The molecule has 0 aromatic heterocycles. The fourth-order valence-electron chi connectivity index (χ4n) is 6.11. The molecule has 2 atom stereocenters. The van der Waals surface area contributed by atoms with Crippen molar-refractivity contribution in [1.29, 1.82) is 0 Å². The van der Waals surface area contributed by atoms with Crippen molar-refractivity contribution >= 4 is 33.7 Å². The van der Waals surface area contributed by atoms with E-state index in [4.69, 9.17) is 11.6 Å². The van der Waals surface area contributed by atoms with Crippen molar-refractivity contribution in [1.82, 2.24) is 0 Å². The molecule has 5 rings (SSSR count). The van der Waals surface area contributed by atoms with Gasteiger partial charge < -0.3 is 4.90 Å². The summed E-state index contributed by atoms with van der Waals surface area (Å²) in [7, 11) is 4.45. The first-order valence-electron chi connectivity index (χ1n) is 11.4. The second-order valence-electron chi connectivity index (χ2n) is 10.4. The quantitative estimate of drug-likeness (QED) is 0.497. The number of nitrogens with zero attached hydrogens (tertiary/aromatic N) is 1. The van der Waals surface area contributed by atoms with Crippen LogP contribution in [0.4, 0.5) is 11.4 Å². The van der Waals surface area contributed by atoms with E-state index in [1.807, 2.05) is 6.07 Å². The lowest BCUT2D eigenvalue weighted by Crippen LogP contribution is -3.07. The minimum atomic E-state index is -0.0598. The monoisotopic (exact) mass is 443 g/mol. The number of halogens is 1. The Morgan fingerprint density at radius 3 is 2.53 bits per heavy atom. The number of anilines is 1. The first kappa shape index (κ1) is 21.3. The highest BCUT2D eigenvalue weighted by Crippen LogP contribution is 2.50. The molecule has 0 aliphatic carbocycles. The molecule has 164 valence electrons.